The van der Waals surface area contributed by atoms with Crippen LogP contribution in [-0.2, 0) is 21.6 Å². The smallest absolute Gasteiger partial charge is 0.326 e. The number of carboxylic acid groups (broad SMARTS) is 1. The summed E-state index contributed by atoms with van der Waals surface area (Å²) in [6.45, 7) is 7.23. The van der Waals surface area contributed by atoms with Gasteiger partial charge in [-0.1, -0.05) is 20.8 Å². The van der Waals surface area contributed by atoms with E-state index in [1.165, 1.54) is 0 Å². The number of hydrogen-bond acceptors (Lipinski definition) is 5. The second-order valence-electron chi connectivity index (χ2n) is 6.41. The average molecular weight is 293 g/mol. The van der Waals surface area contributed by atoms with Crippen molar-refractivity contribution in [2.45, 2.75) is 51.7 Å². The molecule has 116 valence electrons. The van der Waals surface area contributed by atoms with Crippen LogP contribution in [0.1, 0.15) is 45.1 Å². The van der Waals surface area contributed by atoms with E-state index >= 15 is 0 Å². The number of aliphatic carboxylic acids is 1. The normalized spacial score (nSPS) is 19.0. The number of anilines is 1. The molecule has 0 spiro atoms. The van der Waals surface area contributed by atoms with Crippen molar-refractivity contribution in [1.82, 2.24) is 9.97 Å². The third kappa shape index (κ3) is 3.50. The van der Waals surface area contributed by atoms with Gasteiger partial charge in [0.15, 0.2) is 0 Å². The Balaban J connectivity index is 2.42. The van der Waals surface area contributed by atoms with E-state index in [2.05, 4.69) is 9.97 Å². The summed E-state index contributed by atoms with van der Waals surface area (Å²) in [5, 5.41) is 9.34. The molecule has 1 N–H and O–H groups in total. The minimum Gasteiger partial charge on any atom is -0.480 e. The van der Waals surface area contributed by atoms with Gasteiger partial charge in [-0.05, 0) is 12.8 Å². The zero-order valence-corrected chi connectivity index (χ0v) is 13.1. The SMILES string of the molecule is COCc1cc(N2CCC[C@H]2C(=O)O)nc(C(C)(C)C)n1. The van der Waals surface area contributed by atoms with Crippen LogP contribution in [0.2, 0.25) is 0 Å². The van der Waals surface area contributed by atoms with Crippen LogP contribution in [-0.4, -0.2) is 40.7 Å². The molecule has 0 aliphatic carbocycles. The largest absolute Gasteiger partial charge is 0.480 e. The van der Waals surface area contributed by atoms with Crippen LogP contribution < -0.4 is 4.90 Å². The van der Waals surface area contributed by atoms with Gasteiger partial charge in [-0.25, -0.2) is 14.8 Å². The molecule has 6 nitrogen and oxygen atoms in total. The lowest BCUT2D eigenvalue weighted by Crippen LogP contribution is -2.37. The summed E-state index contributed by atoms with van der Waals surface area (Å²) < 4.78 is 5.16. The monoisotopic (exact) mass is 293 g/mol. The first-order chi connectivity index (χ1) is 9.82. The van der Waals surface area contributed by atoms with Crippen molar-refractivity contribution in [3.8, 4) is 0 Å². The third-order valence-corrected chi connectivity index (χ3v) is 3.56. The highest BCUT2D eigenvalue weighted by Gasteiger charge is 2.32. The number of ether oxygens (including phenoxy) is 1. The molecule has 1 aromatic rings. The van der Waals surface area contributed by atoms with Crippen LogP contribution in [0.15, 0.2) is 6.07 Å². The van der Waals surface area contributed by atoms with Gasteiger partial charge in [-0.15, -0.1) is 0 Å². The van der Waals surface area contributed by atoms with Crippen LogP contribution in [0, 0.1) is 0 Å². The van der Waals surface area contributed by atoms with Gasteiger partial charge in [0.25, 0.3) is 0 Å². The molecule has 0 amide bonds. The van der Waals surface area contributed by atoms with Gasteiger partial charge >= 0.3 is 5.97 Å². The molecule has 0 bridgehead atoms. The molecular formula is C15H23N3O3. The summed E-state index contributed by atoms with van der Waals surface area (Å²) in [5.74, 6) is 0.603. The minimum atomic E-state index is -0.795. The number of methoxy groups -OCH3 is 1. The summed E-state index contributed by atoms with van der Waals surface area (Å²) in [5.41, 5.74) is 0.584. The average Bonchev–Trinajstić information content (AvgIpc) is 2.87. The quantitative estimate of drug-likeness (QED) is 0.914. The van der Waals surface area contributed by atoms with E-state index in [9.17, 15) is 9.90 Å². The van der Waals surface area contributed by atoms with E-state index in [0.717, 1.165) is 12.1 Å². The van der Waals surface area contributed by atoms with Crippen LogP contribution in [0.25, 0.3) is 0 Å². The maximum Gasteiger partial charge on any atom is 0.326 e. The maximum atomic E-state index is 11.4. The molecule has 0 aromatic carbocycles. The van der Waals surface area contributed by atoms with Crippen molar-refractivity contribution >= 4 is 11.8 Å². The van der Waals surface area contributed by atoms with E-state index in [0.29, 0.717) is 31.2 Å². The third-order valence-electron chi connectivity index (χ3n) is 3.56. The fourth-order valence-corrected chi connectivity index (χ4v) is 2.49. The minimum absolute atomic E-state index is 0.197. The second kappa shape index (κ2) is 5.97. The lowest BCUT2D eigenvalue weighted by Gasteiger charge is -2.25. The molecule has 0 radical (unpaired) electrons. The van der Waals surface area contributed by atoms with Crippen molar-refractivity contribution in [3.05, 3.63) is 17.6 Å². The first kappa shape index (κ1) is 15.7. The number of carboxylic acids is 1. The van der Waals surface area contributed by atoms with Crippen molar-refractivity contribution in [2.75, 3.05) is 18.6 Å². The molecule has 2 heterocycles. The molecule has 1 aromatic heterocycles. The molecule has 1 atom stereocenters. The van der Waals surface area contributed by atoms with Crippen molar-refractivity contribution in [3.63, 3.8) is 0 Å². The Bertz CT molecular complexity index is 525. The summed E-state index contributed by atoms with van der Waals surface area (Å²) in [6, 6.07) is 1.34. The summed E-state index contributed by atoms with van der Waals surface area (Å²) in [6.07, 6.45) is 1.52. The van der Waals surface area contributed by atoms with Crippen LogP contribution in [0.4, 0.5) is 5.82 Å². The first-order valence-corrected chi connectivity index (χ1v) is 7.19. The van der Waals surface area contributed by atoms with Crippen molar-refractivity contribution in [2.24, 2.45) is 0 Å². The summed E-state index contributed by atoms with van der Waals surface area (Å²) >= 11 is 0. The van der Waals surface area contributed by atoms with Gasteiger partial charge in [0.1, 0.15) is 17.7 Å². The van der Waals surface area contributed by atoms with Crippen molar-refractivity contribution in [1.29, 1.82) is 0 Å². The molecular weight excluding hydrogens is 270 g/mol. The van der Waals surface area contributed by atoms with Crippen LogP contribution in [0.3, 0.4) is 0 Å². The summed E-state index contributed by atoms with van der Waals surface area (Å²) in [4.78, 5) is 22.4. The molecule has 21 heavy (non-hydrogen) atoms. The Hall–Kier alpha value is -1.69. The van der Waals surface area contributed by atoms with Crippen LogP contribution in [0.5, 0.6) is 0 Å². The molecule has 1 saturated heterocycles. The lowest BCUT2D eigenvalue weighted by atomic mass is 9.95. The highest BCUT2D eigenvalue weighted by atomic mass is 16.5. The molecule has 6 heteroatoms. The maximum absolute atomic E-state index is 11.4. The molecule has 0 saturated carbocycles. The standard InChI is InChI=1S/C15H23N3O3/c1-15(2,3)14-16-10(9-21-4)8-12(17-14)18-7-5-6-11(18)13(19)20/h8,11H,5-7,9H2,1-4H3,(H,19,20)/t11-/m0/s1. The van der Waals surface area contributed by atoms with E-state index in [1.807, 2.05) is 31.7 Å². The number of aromatic nitrogens is 2. The number of rotatable bonds is 4. The van der Waals surface area contributed by atoms with Gasteiger partial charge in [0, 0.05) is 25.1 Å². The molecule has 0 unspecified atom stereocenters. The Morgan fingerprint density at radius 3 is 2.76 bits per heavy atom. The van der Waals surface area contributed by atoms with E-state index in [-0.39, 0.29) is 5.41 Å². The highest BCUT2D eigenvalue weighted by molar-refractivity contribution is 5.78. The van der Waals surface area contributed by atoms with Gasteiger partial charge in [-0.2, -0.15) is 0 Å². The van der Waals surface area contributed by atoms with E-state index in [1.54, 1.807) is 7.11 Å². The van der Waals surface area contributed by atoms with E-state index < -0.39 is 12.0 Å². The zero-order chi connectivity index (χ0) is 15.6. The van der Waals surface area contributed by atoms with Gasteiger partial charge in [-0.3, -0.25) is 0 Å². The van der Waals surface area contributed by atoms with E-state index in [4.69, 9.17) is 4.74 Å². The molecule has 1 aliphatic rings. The first-order valence-electron chi connectivity index (χ1n) is 7.19. The Labute approximate surface area is 125 Å². The number of nitrogens with zero attached hydrogens (tertiary/aromatic N) is 3. The predicted octanol–water partition coefficient (Wildman–Crippen LogP) is 1.97. The Morgan fingerprint density at radius 2 is 2.19 bits per heavy atom. The van der Waals surface area contributed by atoms with Gasteiger partial charge in [0.2, 0.25) is 0 Å². The predicted molar refractivity (Wildman–Crippen MR) is 79.4 cm³/mol. The topological polar surface area (TPSA) is 75.5 Å². The molecule has 2 rings (SSSR count). The molecule has 1 fully saturated rings. The zero-order valence-electron chi connectivity index (χ0n) is 13.1. The Morgan fingerprint density at radius 1 is 1.48 bits per heavy atom. The fourth-order valence-electron chi connectivity index (χ4n) is 2.49. The lowest BCUT2D eigenvalue weighted by molar-refractivity contribution is -0.138. The second-order valence-corrected chi connectivity index (χ2v) is 6.41. The summed E-state index contributed by atoms with van der Waals surface area (Å²) in [7, 11) is 1.62. The highest BCUT2D eigenvalue weighted by Crippen LogP contribution is 2.27. The van der Waals surface area contributed by atoms with Crippen LogP contribution >= 0.6 is 0 Å². The number of carbonyl (C=O) groups is 1. The Kier molecular flexibility index (Phi) is 4.46. The van der Waals surface area contributed by atoms with Gasteiger partial charge < -0.3 is 14.7 Å². The molecule has 1 aliphatic heterocycles. The van der Waals surface area contributed by atoms with Crippen molar-refractivity contribution < 1.29 is 14.6 Å². The van der Waals surface area contributed by atoms with Gasteiger partial charge in [0.05, 0.1) is 12.3 Å². The fraction of sp³-hybridized carbons (Fsp3) is 0.667. The number of hydrogen-bond donors (Lipinski definition) is 1.